The Morgan fingerprint density at radius 1 is 1.16 bits per heavy atom. The molecule has 3 aromatic rings. The Kier molecular flexibility index (Phi) is 5.20. The van der Waals surface area contributed by atoms with Crippen LogP contribution < -0.4 is 5.32 Å². The highest BCUT2D eigenvalue weighted by molar-refractivity contribution is 5.97. The normalized spacial score (nSPS) is 13.2. The van der Waals surface area contributed by atoms with Crippen molar-refractivity contribution in [2.24, 2.45) is 0 Å². The number of nitrogens with zero attached hydrogens (tertiary/aromatic N) is 3. The molecule has 3 rings (SSSR count). The van der Waals surface area contributed by atoms with Crippen LogP contribution in [-0.4, -0.2) is 38.2 Å². The van der Waals surface area contributed by atoms with E-state index in [-0.39, 0.29) is 5.91 Å². The third-order valence-corrected chi connectivity index (χ3v) is 4.04. The van der Waals surface area contributed by atoms with Gasteiger partial charge in [0, 0.05) is 6.42 Å². The molecule has 2 atom stereocenters. The smallest absolute Gasteiger partial charge is 0.253 e. The maximum absolute atomic E-state index is 12.6. The number of hydrogen-bond donors (Lipinski definition) is 2. The second-order valence-corrected chi connectivity index (χ2v) is 5.88. The number of aliphatic hydroxyl groups is 1. The zero-order valence-corrected chi connectivity index (χ0v) is 13.9. The van der Waals surface area contributed by atoms with Gasteiger partial charge in [-0.2, -0.15) is 0 Å². The average Bonchev–Trinajstić information content (AvgIpc) is 3.17. The molecule has 0 spiro atoms. The number of aromatic nitrogens is 3. The minimum Gasteiger partial charge on any atom is -0.391 e. The van der Waals surface area contributed by atoms with Gasteiger partial charge in [0.2, 0.25) is 0 Å². The van der Waals surface area contributed by atoms with Gasteiger partial charge in [0.15, 0.2) is 0 Å². The van der Waals surface area contributed by atoms with Gasteiger partial charge < -0.3 is 10.4 Å². The Labute approximate surface area is 146 Å². The number of para-hydroxylation sites is 1. The third-order valence-electron chi connectivity index (χ3n) is 4.04. The highest BCUT2D eigenvalue weighted by Gasteiger charge is 2.20. The molecule has 1 heterocycles. The van der Waals surface area contributed by atoms with E-state index >= 15 is 0 Å². The van der Waals surface area contributed by atoms with E-state index in [1.165, 1.54) is 0 Å². The van der Waals surface area contributed by atoms with Crippen molar-refractivity contribution in [3.8, 4) is 5.69 Å². The summed E-state index contributed by atoms with van der Waals surface area (Å²) in [5.74, 6) is -0.259. The summed E-state index contributed by atoms with van der Waals surface area (Å²) in [6.45, 7) is 1.80. The monoisotopic (exact) mass is 336 g/mol. The quantitative estimate of drug-likeness (QED) is 0.721. The van der Waals surface area contributed by atoms with E-state index < -0.39 is 12.1 Å². The SMILES string of the molecule is C[C@H](NC(=O)c1ccccc1-n1ccnn1)[C@H](O)Cc1ccccc1. The fraction of sp³-hybridized carbons (Fsp3) is 0.211. The lowest BCUT2D eigenvalue weighted by atomic mass is 10.0. The zero-order valence-electron chi connectivity index (χ0n) is 13.9. The second-order valence-electron chi connectivity index (χ2n) is 5.88. The van der Waals surface area contributed by atoms with Gasteiger partial charge in [-0.15, -0.1) is 5.10 Å². The van der Waals surface area contributed by atoms with Crippen molar-refractivity contribution in [2.45, 2.75) is 25.5 Å². The molecule has 1 aromatic heterocycles. The van der Waals surface area contributed by atoms with Gasteiger partial charge in [-0.25, -0.2) is 4.68 Å². The standard InChI is InChI=1S/C19H20N4O2/c1-14(18(24)13-15-7-3-2-4-8-15)21-19(25)16-9-5-6-10-17(16)23-12-11-20-22-23/h2-12,14,18,24H,13H2,1H3,(H,21,25)/t14-,18+/m0/s1. The maximum atomic E-state index is 12.6. The molecule has 0 aliphatic carbocycles. The molecule has 0 fully saturated rings. The summed E-state index contributed by atoms with van der Waals surface area (Å²) in [6, 6.07) is 16.5. The number of aliphatic hydroxyl groups excluding tert-OH is 1. The molecule has 128 valence electrons. The summed E-state index contributed by atoms with van der Waals surface area (Å²) in [7, 11) is 0. The Hall–Kier alpha value is -2.99. The van der Waals surface area contributed by atoms with Crippen LogP contribution in [0.15, 0.2) is 67.0 Å². The molecule has 6 nitrogen and oxygen atoms in total. The first-order chi connectivity index (χ1) is 12.1. The summed E-state index contributed by atoms with van der Waals surface area (Å²) in [4.78, 5) is 12.6. The van der Waals surface area contributed by atoms with Crippen molar-refractivity contribution in [3.05, 3.63) is 78.1 Å². The second kappa shape index (κ2) is 7.72. The molecule has 0 saturated heterocycles. The van der Waals surface area contributed by atoms with Crippen LogP contribution in [0, 0.1) is 0 Å². The molecular formula is C19H20N4O2. The van der Waals surface area contributed by atoms with E-state index in [9.17, 15) is 9.90 Å². The van der Waals surface area contributed by atoms with Crippen LogP contribution >= 0.6 is 0 Å². The van der Waals surface area contributed by atoms with Gasteiger partial charge >= 0.3 is 0 Å². The molecule has 0 radical (unpaired) electrons. The first-order valence-electron chi connectivity index (χ1n) is 8.13. The minimum atomic E-state index is -0.676. The zero-order chi connectivity index (χ0) is 17.6. The summed E-state index contributed by atoms with van der Waals surface area (Å²) in [5.41, 5.74) is 2.15. The molecule has 25 heavy (non-hydrogen) atoms. The van der Waals surface area contributed by atoms with Crippen molar-refractivity contribution in [3.63, 3.8) is 0 Å². The molecule has 0 bridgehead atoms. The molecule has 6 heteroatoms. The highest BCUT2D eigenvalue weighted by atomic mass is 16.3. The Morgan fingerprint density at radius 3 is 2.60 bits per heavy atom. The largest absolute Gasteiger partial charge is 0.391 e. The fourth-order valence-electron chi connectivity index (χ4n) is 2.62. The predicted octanol–water partition coefficient (Wildman–Crippen LogP) is 1.99. The molecule has 0 aliphatic rings. The Balaban J connectivity index is 1.70. The molecular weight excluding hydrogens is 316 g/mol. The van der Waals surface area contributed by atoms with Crippen molar-refractivity contribution in [1.29, 1.82) is 0 Å². The third kappa shape index (κ3) is 4.10. The average molecular weight is 336 g/mol. The van der Waals surface area contributed by atoms with E-state index in [0.717, 1.165) is 5.56 Å². The maximum Gasteiger partial charge on any atom is 0.253 e. The van der Waals surface area contributed by atoms with E-state index in [4.69, 9.17) is 0 Å². The molecule has 0 saturated carbocycles. The topological polar surface area (TPSA) is 80.0 Å². The predicted molar refractivity (Wildman–Crippen MR) is 94.4 cm³/mol. The molecule has 1 amide bonds. The number of amides is 1. The van der Waals surface area contributed by atoms with E-state index in [0.29, 0.717) is 17.7 Å². The Morgan fingerprint density at radius 2 is 1.88 bits per heavy atom. The van der Waals surface area contributed by atoms with Crippen LogP contribution in [0.5, 0.6) is 0 Å². The number of carbonyl (C=O) groups excluding carboxylic acids is 1. The van der Waals surface area contributed by atoms with Crippen molar-refractivity contribution in [2.75, 3.05) is 0 Å². The number of rotatable bonds is 6. The summed E-state index contributed by atoms with van der Waals surface area (Å²) in [5, 5.41) is 21.0. The van der Waals surface area contributed by atoms with Crippen LogP contribution in [0.25, 0.3) is 5.69 Å². The van der Waals surface area contributed by atoms with Crippen molar-refractivity contribution >= 4 is 5.91 Å². The van der Waals surface area contributed by atoms with Gasteiger partial charge in [-0.05, 0) is 24.6 Å². The Bertz CT molecular complexity index is 818. The number of hydrogen-bond acceptors (Lipinski definition) is 4. The van der Waals surface area contributed by atoms with Gasteiger partial charge in [-0.1, -0.05) is 47.7 Å². The lowest BCUT2D eigenvalue weighted by Crippen LogP contribution is -2.42. The van der Waals surface area contributed by atoms with Crippen LogP contribution in [0.2, 0.25) is 0 Å². The van der Waals surface area contributed by atoms with E-state index in [1.54, 1.807) is 42.2 Å². The number of benzene rings is 2. The molecule has 2 N–H and O–H groups in total. The van der Waals surface area contributed by atoms with Gasteiger partial charge in [0.1, 0.15) is 0 Å². The number of carbonyl (C=O) groups is 1. The summed E-state index contributed by atoms with van der Waals surface area (Å²) < 4.78 is 1.54. The lowest BCUT2D eigenvalue weighted by molar-refractivity contribution is 0.0851. The van der Waals surface area contributed by atoms with Gasteiger partial charge in [0.05, 0.1) is 35.8 Å². The van der Waals surface area contributed by atoms with Gasteiger partial charge in [0.25, 0.3) is 5.91 Å². The van der Waals surface area contributed by atoms with Crippen LogP contribution in [0.3, 0.4) is 0 Å². The highest BCUT2D eigenvalue weighted by Crippen LogP contribution is 2.14. The van der Waals surface area contributed by atoms with Gasteiger partial charge in [-0.3, -0.25) is 4.79 Å². The first kappa shape index (κ1) is 16.9. The first-order valence-corrected chi connectivity index (χ1v) is 8.13. The number of nitrogens with one attached hydrogen (secondary N) is 1. The van der Waals surface area contributed by atoms with Crippen LogP contribution in [-0.2, 0) is 6.42 Å². The summed E-state index contributed by atoms with van der Waals surface area (Å²) >= 11 is 0. The fourth-order valence-corrected chi connectivity index (χ4v) is 2.62. The van der Waals surface area contributed by atoms with Crippen LogP contribution in [0.4, 0.5) is 0 Å². The molecule has 2 aromatic carbocycles. The minimum absolute atomic E-state index is 0.259. The van der Waals surface area contributed by atoms with Crippen LogP contribution in [0.1, 0.15) is 22.8 Å². The van der Waals surface area contributed by atoms with Crippen molar-refractivity contribution < 1.29 is 9.90 Å². The lowest BCUT2D eigenvalue weighted by Gasteiger charge is -2.21. The van der Waals surface area contributed by atoms with E-state index in [1.807, 2.05) is 36.4 Å². The molecule has 0 unspecified atom stereocenters. The summed E-state index contributed by atoms with van der Waals surface area (Å²) in [6.07, 6.45) is 3.04. The molecule has 0 aliphatic heterocycles. The van der Waals surface area contributed by atoms with E-state index in [2.05, 4.69) is 15.6 Å². The van der Waals surface area contributed by atoms with Crippen molar-refractivity contribution in [1.82, 2.24) is 20.3 Å².